The van der Waals surface area contributed by atoms with Crippen molar-refractivity contribution in [1.29, 1.82) is 5.26 Å². The third kappa shape index (κ3) is 3.30. The first-order chi connectivity index (χ1) is 9.74. The van der Waals surface area contributed by atoms with Crippen molar-refractivity contribution in [2.45, 2.75) is 13.0 Å². The summed E-state index contributed by atoms with van der Waals surface area (Å²) in [4.78, 5) is 11.5. The standard InChI is InChI=1S/C13H14N2O5/c14-2-1-3-15-13(17)7-18-10-5-12-11(19-8-20-12)4-9(10)6-16/h4-5,16H,1,3,6-8H2,(H,15,17). The van der Waals surface area contributed by atoms with Gasteiger partial charge in [0.05, 0.1) is 19.1 Å². The zero-order valence-electron chi connectivity index (χ0n) is 10.7. The zero-order valence-corrected chi connectivity index (χ0v) is 10.7. The fraction of sp³-hybridized carbons (Fsp3) is 0.385. The molecule has 1 aliphatic heterocycles. The van der Waals surface area contributed by atoms with Gasteiger partial charge in [-0.3, -0.25) is 4.79 Å². The van der Waals surface area contributed by atoms with Crippen LogP contribution in [0.25, 0.3) is 0 Å². The van der Waals surface area contributed by atoms with E-state index in [4.69, 9.17) is 19.5 Å². The molecule has 0 spiro atoms. The predicted octanol–water partition coefficient (Wildman–Crippen LogP) is 0.316. The van der Waals surface area contributed by atoms with Gasteiger partial charge in [-0.25, -0.2) is 0 Å². The minimum atomic E-state index is -0.332. The summed E-state index contributed by atoms with van der Waals surface area (Å²) < 4.78 is 15.7. The molecule has 0 saturated heterocycles. The molecule has 1 aromatic carbocycles. The third-order valence-corrected chi connectivity index (χ3v) is 2.64. The van der Waals surface area contributed by atoms with E-state index in [9.17, 15) is 9.90 Å². The number of rotatable bonds is 6. The van der Waals surface area contributed by atoms with Crippen LogP contribution in [0.2, 0.25) is 0 Å². The number of carbonyl (C=O) groups is 1. The van der Waals surface area contributed by atoms with Gasteiger partial charge >= 0.3 is 0 Å². The van der Waals surface area contributed by atoms with E-state index >= 15 is 0 Å². The molecule has 7 nitrogen and oxygen atoms in total. The first kappa shape index (κ1) is 14.0. The Kier molecular flexibility index (Phi) is 4.63. The molecule has 1 amide bonds. The van der Waals surface area contributed by atoms with Crippen LogP contribution in [-0.4, -0.2) is 31.0 Å². The Bertz CT molecular complexity index is 538. The first-order valence-corrected chi connectivity index (χ1v) is 6.04. The molecular formula is C13H14N2O5. The predicted molar refractivity (Wildman–Crippen MR) is 67.2 cm³/mol. The van der Waals surface area contributed by atoms with Crippen LogP contribution in [0.15, 0.2) is 12.1 Å². The van der Waals surface area contributed by atoms with Crippen LogP contribution in [0.5, 0.6) is 17.2 Å². The molecule has 0 bridgehead atoms. The van der Waals surface area contributed by atoms with E-state index in [1.165, 1.54) is 0 Å². The molecule has 1 heterocycles. The summed E-state index contributed by atoms with van der Waals surface area (Å²) >= 11 is 0. The molecule has 0 fully saturated rings. The van der Waals surface area contributed by atoms with Gasteiger partial charge in [0.15, 0.2) is 18.1 Å². The summed E-state index contributed by atoms with van der Waals surface area (Å²) in [5.41, 5.74) is 0.513. The monoisotopic (exact) mass is 278 g/mol. The number of hydrogen-bond acceptors (Lipinski definition) is 6. The molecule has 0 aromatic heterocycles. The summed E-state index contributed by atoms with van der Waals surface area (Å²) in [7, 11) is 0. The second-order valence-electron chi connectivity index (χ2n) is 4.02. The lowest BCUT2D eigenvalue weighted by Crippen LogP contribution is -2.29. The average molecular weight is 278 g/mol. The Morgan fingerprint density at radius 1 is 1.45 bits per heavy atom. The molecule has 7 heteroatoms. The number of amides is 1. The Labute approximate surface area is 115 Å². The number of ether oxygens (including phenoxy) is 3. The van der Waals surface area contributed by atoms with Gasteiger partial charge in [-0.15, -0.1) is 0 Å². The fourth-order valence-electron chi connectivity index (χ4n) is 1.68. The topological polar surface area (TPSA) is 101 Å². The minimum absolute atomic E-state index is 0.123. The highest BCUT2D eigenvalue weighted by Gasteiger charge is 2.18. The number of hydrogen-bond donors (Lipinski definition) is 2. The van der Waals surface area contributed by atoms with E-state index in [1.807, 2.05) is 6.07 Å². The SMILES string of the molecule is N#CCCNC(=O)COc1cc2c(cc1CO)OCO2. The fourth-order valence-corrected chi connectivity index (χ4v) is 1.68. The summed E-state index contributed by atoms with van der Waals surface area (Å²) in [6.45, 7) is -0.0227. The van der Waals surface area contributed by atoms with E-state index in [1.54, 1.807) is 12.1 Å². The highest BCUT2D eigenvalue weighted by atomic mass is 16.7. The van der Waals surface area contributed by atoms with Gasteiger partial charge in [0, 0.05) is 18.2 Å². The molecule has 0 atom stereocenters. The molecule has 2 N–H and O–H groups in total. The van der Waals surface area contributed by atoms with Gasteiger partial charge in [0.25, 0.3) is 5.91 Å². The van der Waals surface area contributed by atoms with E-state index in [0.717, 1.165) is 0 Å². The molecule has 1 aromatic rings. The molecule has 1 aliphatic rings. The van der Waals surface area contributed by atoms with Crippen molar-refractivity contribution in [3.8, 4) is 23.3 Å². The number of aliphatic hydroxyl groups is 1. The maximum Gasteiger partial charge on any atom is 0.257 e. The number of nitrogens with one attached hydrogen (secondary N) is 1. The smallest absolute Gasteiger partial charge is 0.257 e. The maximum absolute atomic E-state index is 11.5. The minimum Gasteiger partial charge on any atom is -0.483 e. The number of fused-ring (bicyclic) bond motifs is 1. The van der Waals surface area contributed by atoms with Gasteiger partial charge in [0.2, 0.25) is 6.79 Å². The first-order valence-electron chi connectivity index (χ1n) is 6.04. The van der Waals surface area contributed by atoms with Crippen molar-refractivity contribution in [2.75, 3.05) is 19.9 Å². The van der Waals surface area contributed by atoms with Gasteiger partial charge < -0.3 is 24.6 Å². The Hall–Kier alpha value is -2.46. The molecule has 0 unspecified atom stereocenters. The molecule has 20 heavy (non-hydrogen) atoms. The number of benzene rings is 1. The highest BCUT2D eigenvalue weighted by Crippen LogP contribution is 2.38. The Balaban J connectivity index is 1.95. The van der Waals surface area contributed by atoms with Crippen molar-refractivity contribution in [3.05, 3.63) is 17.7 Å². The second-order valence-corrected chi connectivity index (χ2v) is 4.02. The van der Waals surface area contributed by atoms with Gasteiger partial charge in [-0.1, -0.05) is 0 Å². The van der Waals surface area contributed by atoms with E-state index in [0.29, 0.717) is 22.8 Å². The zero-order chi connectivity index (χ0) is 14.4. The maximum atomic E-state index is 11.5. The van der Waals surface area contributed by atoms with Crippen LogP contribution in [-0.2, 0) is 11.4 Å². The van der Waals surface area contributed by atoms with E-state index < -0.39 is 0 Å². The van der Waals surface area contributed by atoms with Gasteiger partial charge in [0.1, 0.15) is 5.75 Å². The summed E-state index contributed by atoms with van der Waals surface area (Å²) in [5.74, 6) is 1.09. The normalized spacial score (nSPS) is 11.8. The average Bonchev–Trinajstić information content (AvgIpc) is 2.91. The lowest BCUT2D eigenvalue weighted by atomic mass is 10.2. The number of carbonyl (C=O) groups excluding carboxylic acids is 1. The second kappa shape index (κ2) is 6.63. The summed E-state index contributed by atoms with van der Waals surface area (Å²) in [5, 5.41) is 20.2. The van der Waals surface area contributed by atoms with E-state index in [-0.39, 0.29) is 38.9 Å². The van der Waals surface area contributed by atoms with Crippen molar-refractivity contribution in [3.63, 3.8) is 0 Å². The quantitative estimate of drug-likeness (QED) is 0.727. The van der Waals surface area contributed by atoms with Crippen LogP contribution in [0, 0.1) is 11.3 Å². The van der Waals surface area contributed by atoms with Crippen LogP contribution < -0.4 is 19.5 Å². The summed E-state index contributed by atoms with van der Waals surface area (Å²) in [6.07, 6.45) is 0.248. The van der Waals surface area contributed by atoms with Crippen LogP contribution >= 0.6 is 0 Å². The molecule has 2 rings (SSSR count). The van der Waals surface area contributed by atoms with Gasteiger partial charge in [-0.05, 0) is 6.07 Å². The van der Waals surface area contributed by atoms with Crippen LogP contribution in [0.4, 0.5) is 0 Å². The van der Waals surface area contributed by atoms with Crippen molar-refractivity contribution < 1.29 is 24.1 Å². The Morgan fingerprint density at radius 3 is 2.90 bits per heavy atom. The number of nitrogens with zero attached hydrogens (tertiary/aromatic N) is 1. The largest absolute Gasteiger partial charge is 0.483 e. The van der Waals surface area contributed by atoms with Crippen LogP contribution in [0.3, 0.4) is 0 Å². The van der Waals surface area contributed by atoms with E-state index in [2.05, 4.69) is 5.32 Å². The molecule has 0 aliphatic carbocycles. The Morgan fingerprint density at radius 2 is 2.20 bits per heavy atom. The summed E-state index contributed by atoms with van der Waals surface area (Å²) in [6, 6.07) is 5.12. The molecule has 0 saturated carbocycles. The number of nitriles is 1. The molecular weight excluding hydrogens is 264 g/mol. The van der Waals surface area contributed by atoms with Gasteiger partial charge in [-0.2, -0.15) is 5.26 Å². The highest BCUT2D eigenvalue weighted by molar-refractivity contribution is 5.77. The van der Waals surface area contributed by atoms with Crippen molar-refractivity contribution in [2.24, 2.45) is 0 Å². The molecule has 106 valence electrons. The van der Waals surface area contributed by atoms with Crippen molar-refractivity contribution in [1.82, 2.24) is 5.32 Å². The third-order valence-electron chi connectivity index (χ3n) is 2.64. The number of aliphatic hydroxyl groups excluding tert-OH is 1. The molecule has 0 radical (unpaired) electrons. The van der Waals surface area contributed by atoms with Crippen LogP contribution in [0.1, 0.15) is 12.0 Å². The van der Waals surface area contributed by atoms with Crippen molar-refractivity contribution >= 4 is 5.91 Å². The lowest BCUT2D eigenvalue weighted by Gasteiger charge is -2.11. The lowest BCUT2D eigenvalue weighted by molar-refractivity contribution is -0.123.